The summed E-state index contributed by atoms with van der Waals surface area (Å²) in [6, 6.07) is 0. The Kier molecular flexibility index (Phi) is 26.5. The molecule has 22 N–H and O–H groups in total. The lowest BCUT2D eigenvalue weighted by Crippen LogP contribution is -2.68. The zero-order valence-corrected chi connectivity index (χ0v) is 51.9. The van der Waals surface area contributed by atoms with Crippen molar-refractivity contribution in [3.05, 3.63) is 18.2 Å². The highest BCUT2D eigenvalue weighted by Gasteiger charge is 2.60. The SMILES string of the molecule is CC(C)(C)OC(=O)NCCC(=O)NCCc1cn(C[C@H]2O[C@@H]3O[C@H]4[C@H](O)[C@@H](O)[C@@H](O[C@H]5[C@H](O)[C@@H](O)[C@@H](O[C@H]6[C@H](O)[C@@H](O)[C@@H](O[C@H]7[C@H](O)[C@@H](O)[C@@H](O[C@H]8[C@H](O)[C@@H](O)[C@@H](O[C@H]9[C@H](O)[C@@H](O)[C@@H](O[C@H]2[C@H](O)[C@H]3O)O[C@@H]9CO)O[C@@H]8CO)O[C@@H]7CO)O[C@@H]6CO)O[C@@H]5CO)O[C@@H]4CO)cn1. The maximum absolute atomic E-state index is 12.6. The second-order valence-corrected chi connectivity index (χ2v) is 25.3. The number of nitrogens with one attached hydrogen (secondary N) is 2. The molecule has 21 aliphatic rings. The van der Waals surface area contributed by atoms with Crippen LogP contribution >= 0.6 is 0 Å². The number of hydrogen-bond donors (Lipinski definition) is 22. The van der Waals surface area contributed by atoms with E-state index in [1.165, 1.54) is 17.1 Å². The summed E-state index contributed by atoms with van der Waals surface area (Å²) in [7, 11) is 0. The normalized spacial score (nSPS) is 46.8. The van der Waals surface area contributed by atoms with E-state index in [1.807, 2.05) is 0 Å². The van der Waals surface area contributed by atoms with Crippen LogP contribution in [0.15, 0.2) is 12.5 Å². The van der Waals surface area contributed by atoms with Crippen molar-refractivity contribution in [1.29, 1.82) is 0 Å². The van der Waals surface area contributed by atoms with Crippen LogP contribution in [-0.4, -0.2) is 397 Å². The van der Waals surface area contributed by atoms with Gasteiger partial charge in [0.15, 0.2) is 44.0 Å². The van der Waals surface area contributed by atoms with Gasteiger partial charge in [0.2, 0.25) is 5.91 Å². The van der Waals surface area contributed by atoms with Crippen molar-refractivity contribution in [2.24, 2.45) is 0 Å². The number of aliphatic hydroxyl groups excluding tert-OH is 20. The van der Waals surface area contributed by atoms with E-state index in [4.69, 9.17) is 71.1 Å². The van der Waals surface area contributed by atoms with Crippen LogP contribution < -0.4 is 10.6 Å². The zero-order chi connectivity index (χ0) is 69.9. The van der Waals surface area contributed by atoms with Gasteiger partial charge in [-0.15, -0.1) is 0 Å². The molecule has 21 fully saturated rings. The molecule has 41 heteroatoms. The fourth-order valence-corrected chi connectivity index (χ4v) is 12.3. The largest absolute Gasteiger partial charge is 0.444 e. The van der Waals surface area contributed by atoms with Gasteiger partial charge in [-0.3, -0.25) is 4.79 Å². The van der Waals surface area contributed by atoms with E-state index in [-0.39, 0.29) is 25.9 Å². The van der Waals surface area contributed by atoms with E-state index in [0.29, 0.717) is 5.69 Å². The number of aromatic nitrogens is 2. The van der Waals surface area contributed by atoms with E-state index in [1.54, 1.807) is 20.8 Å². The summed E-state index contributed by atoms with van der Waals surface area (Å²) in [4.78, 5) is 29.0. The molecule has 0 spiro atoms. The van der Waals surface area contributed by atoms with Crippen LogP contribution in [0.4, 0.5) is 4.79 Å². The summed E-state index contributed by atoms with van der Waals surface area (Å²) in [5.41, 5.74) is -0.395. The summed E-state index contributed by atoms with van der Waals surface area (Å²) in [6.45, 7) is -1.78. The molecule has 0 aromatic carbocycles. The first kappa shape index (κ1) is 76.8. The summed E-state index contributed by atoms with van der Waals surface area (Å²) < 4.78 is 88.3. The van der Waals surface area contributed by atoms with Crippen molar-refractivity contribution in [3.8, 4) is 0 Å². The molecule has 2 amide bonds. The van der Waals surface area contributed by atoms with Gasteiger partial charge in [-0.2, -0.15) is 0 Å². The molecule has 14 bridgehead atoms. The fourth-order valence-electron chi connectivity index (χ4n) is 12.3. The van der Waals surface area contributed by atoms with Crippen molar-refractivity contribution < 1.29 is 183 Å². The van der Waals surface area contributed by atoms with Gasteiger partial charge in [0.1, 0.15) is 177 Å². The Morgan fingerprint density at radius 1 is 0.396 bits per heavy atom. The minimum Gasteiger partial charge on any atom is -0.444 e. The lowest BCUT2D eigenvalue weighted by Gasteiger charge is -2.50. The first-order valence-corrected chi connectivity index (χ1v) is 31.1. The lowest BCUT2D eigenvalue weighted by molar-refractivity contribution is -0.396. The Morgan fingerprint density at radius 2 is 0.656 bits per heavy atom. The van der Waals surface area contributed by atoms with E-state index >= 15 is 0 Å². The number of hydrogen-bond acceptors (Lipinski definition) is 38. The van der Waals surface area contributed by atoms with Crippen molar-refractivity contribution in [2.75, 3.05) is 52.7 Å². The van der Waals surface area contributed by atoms with Crippen LogP contribution in [0.5, 0.6) is 0 Å². The highest BCUT2D eigenvalue weighted by Crippen LogP contribution is 2.39. The van der Waals surface area contributed by atoms with Crippen molar-refractivity contribution in [1.82, 2.24) is 20.2 Å². The minimum absolute atomic E-state index is 0.0347. The number of alkyl carbamates (subject to hydrolysis) is 1. The van der Waals surface area contributed by atoms with Crippen molar-refractivity contribution >= 4 is 12.0 Å². The predicted molar refractivity (Wildman–Crippen MR) is 299 cm³/mol. The summed E-state index contributed by atoms with van der Waals surface area (Å²) in [6.07, 6.45) is -69.1. The topological polar surface area (TPSA) is 619 Å². The molecule has 0 aliphatic carbocycles. The summed E-state index contributed by atoms with van der Waals surface area (Å²) >= 11 is 0. The standard InChI is InChI=1S/C55H90N4O37/c1-55(2,3)96-54(81)57-7-5-25(66)56-6-4-17-8-59(16-58-17)9-18-40-26(67)33(74)47(82-18)90-41-19(10-60)84-49(35(76)28(41)69)92-43-21(12-62)86-51(37(78)30(43)71)94-45-23(14-64)88-53(39(80)32(45)73)95-46-24(15-65)87-52(38(79)31(46)72)93-44-22(13-63)85-50(36(77)29(44)70)91-42-20(11-61)83-48(89-40)34(75)27(42)68/h8,16,18-24,26-53,60-65,67-80H,4-7,9-15H2,1-3H3,(H,56,66)(H,57,81)/t18-,19-,20-,21-,22-,23-,24-,26-,27-,28-,29-,30-,31-,32-,33-,34-,35-,36-,37-,38-,39-,40-,41-,42-,43-,44-,45-,46-,47-,48-,49-,50-,51-,52-,53-/m1/s1. The third-order valence-corrected chi connectivity index (χ3v) is 17.4. The quantitative estimate of drug-likeness (QED) is 0.0822. The fraction of sp³-hybridized carbons (Fsp3) is 0.909. The van der Waals surface area contributed by atoms with E-state index in [0.717, 1.165) is 0 Å². The Morgan fingerprint density at radius 3 is 0.917 bits per heavy atom. The number of carbonyl (C=O) groups excluding carboxylic acids is 2. The molecule has 0 radical (unpaired) electrons. The maximum Gasteiger partial charge on any atom is 0.407 e. The molecule has 552 valence electrons. The van der Waals surface area contributed by atoms with Gasteiger partial charge in [-0.25, -0.2) is 9.78 Å². The van der Waals surface area contributed by atoms with Crippen LogP contribution in [0.25, 0.3) is 0 Å². The number of nitrogens with zero attached hydrogens (tertiary/aromatic N) is 2. The molecule has 0 saturated carbocycles. The highest BCUT2D eigenvalue weighted by molar-refractivity contribution is 5.77. The minimum atomic E-state index is -2.25. The number of ether oxygens (including phenoxy) is 15. The van der Waals surface area contributed by atoms with Crippen LogP contribution in [0.1, 0.15) is 32.9 Å². The van der Waals surface area contributed by atoms with Crippen molar-refractivity contribution in [2.45, 2.75) is 261 Å². The summed E-state index contributed by atoms with van der Waals surface area (Å²) in [5, 5.41) is 230. The van der Waals surface area contributed by atoms with Gasteiger partial charge in [-0.05, 0) is 20.8 Å². The molecule has 21 saturated heterocycles. The Labute approximate surface area is 545 Å². The molecule has 22 rings (SSSR count). The monoisotopic (exact) mass is 1400 g/mol. The van der Waals surface area contributed by atoms with Crippen LogP contribution in [0.2, 0.25) is 0 Å². The number of carbonyl (C=O) groups is 2. The van der Waals surface area contributed by atoms with Crippen LogP contribution in [0.3, 0.4) is 0 Å². The maximum atomic E-state index is 12.6. The van der Waals surface area contributed by atoms with Gasteiger partial charge in [0.05, 0.1) is 58.2 Å². The summed E-state index contributed by atoms with van der Waals surface area (Å²) in [5.74, 6) is -0.428. The first-order valence-electron chi connectivity index (χ1n) is 31.1. The van der Waals surface area contributed by atoms with Gasteiger partial charge >= 0.3 is 6.09 Å². The Bertz CT molecular complexity index is 2590. The molecule has 1 aromatic rings. The molecule has 41 nitrogen and oxygen atoms in total. The Balaban J connectivity index is 0.985. The van der Waals surface area contributed by atoms with Gasteiger partial charge in [0.25, 0.3) is 0 Å². The third kappa shape index (κ3) is 17.0. The van der Waals surface area contributed by atoms with Crippen LogP contribution in [-0.2, 0) is 88.8 Å². The number of amides is 2. The molecule has 96 heavy (non-hydrogen) atoms. The van der Waals surface area contributed by atoms with E-state index < -0.39 is 279 Å². The average molecular weight is 1400 g/mol. The first-order chi connectivity index (χ1) is 45.5. The van der Waals surface area contributed by atoms with Gasteiger partial charge in [-0.1, -0.05) is 0 Å². The lowest BCUT2D eigenvalue weighted by atomic mass is 9.95. The second-order valence-electron chi connectivity index (χ2n) is 25.3. The molecular formula is C55H90N4O37. The molecule has 21 aliphatic heterocycles. The Hall–Kier alpha value is -3.41. The number of aliphatic hydroxyl groups is 20. The second kappa shape index (κ2) is 33.1. The number of imidazole rings is 1. The molecule has 22 heterocycles. The predicted octanol–water partition coefficient (Wildman–Crippen LogP) is -13.8. The zero-order valence-electron chi connectivity index (χ0n) is 51.9. The number of rotatable bonds is 14. The molecule has 35 atom stereocenters. The highest BCUT2D eigenvalue weighted by atomic mass is 16.8. The van der Waals surface area contributed by atoms with Gasteiger partial charge in [0, 0.05) is 32.1 Å². The molecule has 1 aromatic heterocycles. The third-order valence-electron chi connectivity index (χ3n) is 17.4. The van der Waals surface area contributed by atoms with Crippen molar-refractivity contribution in [3.63, 3.8) is 0 Å². The van der Waals surface area contributed by atoms with Gasteiger partial charge < -0.3 is 188 Å². The van der Waals surface area contributed by atoms with E-state index in [9.17, 15) is 112 Å². The molecular weight excluding hydrogens is 1310 g/mol. The van der Waals surface area contributed by atoms with E-state index in [2.05, 4.69) is 15.6 Å². The van der Waals surface area contributed by atoms with Crippen LogP contribution in [0, 0.1) is 0 Å². The average Bonchev–Trinajstić information content (AvgIpc) is 0.803. The smallest absolute Gasteiger partial charge is 0.407 e. The molecule has 0 unspecified atom stereocenters.